The number of rotatable bonds is 3. The molecule has 0 saturated heterocycles. The molecule has 2 aliphatic rings. The molecule has 0 radical (unpaired) electrons. The summed E-state index contributed by atoms with van der Waals surface area (Å²) in [7, 11) is 0. The maximum absolute atomic E-state index is 12.5. The monoisotopic (exact) mass is 328 g/mol. The van der Waals surface area contributed by atoms with Crippen molar-refractivity contribution in [3.05, 3.63) is 35.9 Å². The Bertz CT molecular complexity index is 745. The molecule has 7 nitrogen and oxygen atoms in total. The summed E-state index contributed by atoms with van der Waals surface area (Å²) < 4.78 is 13.5. The summed E-state index contributed by atoms with van der Waals surface area (Å²) in [6, 6.07) is 7.46. The fourth-order valence-electron chi connectivity index (χ4n) is 3.21. The Hall–Kier alpha value is -2.57. The number of carbonyl (C=O) groups is 1. The van der Waals surface area contributed by atoms with E-state index in [1.165, 1.54) is 0 Å². The molecule has 0 aliphatic carbocycles. The van der Waals surface area contributed by atoms with E-state index in [0.29, 0.717) is 18.0 Å². The van der Waals surface area contributed by atoms with E-state index in [9.17, 15) is 4.79 Å². The molecule has 126 valence electrons. The first-order valence-corrected chi connectivity index (χ1v) is 8.34. The number of benzene rings is 1. The Morgan fingerprint density at radius 1 is 1.33 bits per heavy atom. The van der Waals surface area contributed by atoms with Gasteiger partial charge in [-0.05, 0) is 18.6 Å². The highest BCUT2D eigenvalue weighted by atomic mass is 16.6. The van der Waals surface area contributed by atoms with Crippen molar-refractivity contribution >= 4 is 5.91 Å². The van der Waals surface area contributed by atoms with Crippen LogP contribution in [0.4, 0.5) is 0 Å². The summed E-state index contributed by atoms with van der Waals surface area (Å²) in [4.78, 5) is 12.5. The Morgan fingerprint density at radius 2 is 2.17 bits per heavy atom. The lowest BCUT2D eigenvalue weighted by atomic mass is 10.1. The number of hydrogen-bond acceptors (Lipinski definition) is 5. The zero-order chi connectivity index (χ0) is 16.5. The number of hydrogen-bond donors (Lipinski definition) is 1. The van der Waals surface area contributed by atoms with Crippen LogP contribution in [0.2, 0.25) is 0 Å². The molecule has 7 heteroatoms. The molecule has 3 heterocycles. The summed E-state index contributed by atoms with van der Waals surface area (Å²) in [6.07, 6.45) is 1.90. The molecule has 24 heavy (non-hydrogen) atoms. The summed E-state index contributed by atoms with van der Waals surface area (Å²) in [5.41, 5.74) is 0. The Kier molecular flexibility index (Phi) is 3.84. The molecule has 1 N–H and O–H groups in total. The smallest absolute Gasteiger partial charge is 0.264 e. The lowest BCUT2D eigenvalue weighted by Gasteiger charge is -2.29. The van der Waals surface area contributed by atoms with Crippen LogP contribution in [0.5, 0.6) is 11.5 Å². The van der Waals surface area contributed by atoms with E-state index in [4.69, 9.17) is 9.47 Å². The predicted molar refractivity (Wildman–Crippen MR) is 86.0 cm³/mol. The van der Waals surface area contributed by atoms with Gasteiger partial charge in [-0.3, -0.25) is 4.79 Å². The molecule has 0 saturated carbocycles. The number of fused-ring (bicyclic) bond motifs is 2. The quantitative estimate of drug-likeness (QED) is 0.913. The molecule has 2 aliphatic heterocycles. The van der Waals surface area contributed by atoms with E-state index in [2.05, 4.69) is 27.0 Å². The molecule has 2 aromatic rings. The zero-order valence-electron chi connectivity index (χ0n) is 13.6. The van der Waals surface area contributed by atoms with Crippen LogP contribution in [0.1, 0.15) is 25.0 Å². The van der Waals surface area contributed by atoms with Crippen molar-refractivity contribution in [2.45, 2.75) is 44.9 Å². The third-order valence-electron chi connectivity index (χ3n) is 4.49. The average Bonchev–Trinajstić information content (AvgIpc) is 3.03. The van der Waals surface area contributed by atoms with Crippen LogP contribution in [0.15, 0.2) is 24.3 Å². The highest BCUT2D eigenvalue weighted by molar-refractivity contribution is 5.82. The maximum atomic E-state index is 12.5. The highest BCUT2D eigenvalue weighted by Gasteiger charge is 2.30. The minimum Gasteiger partial charge on any atom is -0.485 e. The van der Waals surface area contributed by atoms with Gasteiger partial charge in [-0.25, -0.2) is 0 Å². The van der Waals surface area contributed by atoms with Crippen LogP contribution in [0.3, 0.4) is 0 Å². The Labute approximate surface area is 140 Å². The lowest BCUT2D eigenvalue weighted by Crippen LogP contribution is -2.50. The minimum atomic E-state index is -0.618. The number of aromatic nitrogens is 3. The van der Waals surface area contributed by atoms with Gasteiger partial charge in [-0.1, -0.05) is 19.1 Å². The van der Waals surface area contributed by atoms with E-state index < -0.39 is 6.10 Å². The van der Waals surface area contributed by atoms with Gasteiger partial charge in [0, 0.05) is 25.4 Å². The van der Waals surface area contributed by atoms with Crippen LogP contribution in [0, 0.1) is 0 Å². The van der Waals surface area contributed by atoms with E-state index in [1.54, 1.807) is 0 Å². The molecule has 0 fully saturated rings. The zero-order valence-corrected chi connectivity index (χ0v) is 13.6. The standard InChI is InChI=1S/C17H20N4O3/c1-2-15-19-20-16-8-7-11(9-21(15)16)18-17(22)14-10-23-12-5-3-4-6-13(12)24-14/h3-6,11,14H,2,7-10H2,1H3,(H,18,22)/t11-,14-/m0/s1. The molecule has 1 aromatic heterocycles. The Morgan fingerprint density at radius 3 is 3.00 bits per heavy atom. The van der Waals surface area contributed by atoms with Gasteiger partial charge < -0.3 is 19.4 Å². The van der Waals surface area contributed by atoms with Gasteiger partial charge in [-0.2, -0.15) is 0 Å². The molecule has 0 bridgehead atoms. The van der Waals surface area contributed by atoms with Gasteiger partial charge in [0.15, 0.2) is 11.5 Å². The molecule has 0 spiro atoms. The fraction of sp³-hybridized carbons (Fsp3) is 0.471. The van der Waals surface area contributed by atoms with Crippen molar-refractivity contribution in [3.8, 4) is 11.5 Å². The first-order chi connectivity index (χ1) is 11.7. The van der Waals surface area contributed by atoms with Crippen LogP contribution in [0.25, 0.3) is 0 Å². The molecule has 4 rings (SSSR count). The van der Waals surface area contributed by atoms with E-state index in [1.807, 2.05) is 24.3 Å². The normalized spacial score (nSPS) is 21.9. The van der Waals surface area contributed by atoms with Gasteiger partial charge in [0.1, 0.15) is 18.3 Å². The first-order valence-electron chi connectivity index (χ1n) is 8.34. The van der Waals surface area contributed by atoms with Crippen LogP contribution < -0.4 is 14.8 Å². The second-order valence-corrected chi connectivity index (χ2v) is 6.11. The molecule has 2 atom stereocenters. The van der Waals surface area contributed by atoms with Crippen molar-refractivity contribution in [1.29, 1.82) is 0 Å². The van der Waals surface area contributed by atoms with Crippen molar-refractivity contribution in [2.24, 2.45) is 0 Å². The first kappa shape index (κ1) is 15.0. The topological polar surface area (TPSA) is 78.3 Å². The minimum absolute atomic E-state index is 0.0621. The van der Waals surface area contributed by atoms with Crippen molar-refractivity contribution in [3.63, 3.8) is 0 Å². The number of aryl methyl sites for hydroxylation is 2. The van der Waals surface area contributed by atoms with Crippen LogP contribution >= 0.6 is 0 Å². The third kappa shape index (κ3) is 2.70. The van der Waals surface area contributed by atoms with E-state index >= 15 is 0 Å². The van der Waals surface area contributed by atoms with Crippen LogP contribution in [-0.2, 0) is 24.2 Å². The van der Waals surface area contributed by atoms with Crippen molar-refractivity contribution < 1.29 is 14.3 Å². The predicted octanol–water partition coefficient (Wildman–Crippen LogP) is 1.11. The number of para-hydroxylation sites is 2. The van der Waals surface area contributed by atoms with Gasteiger partial charge >= 0.3 is 0 Å². The number of carbonyl (C=O) groups excluding carboxylic acids is 1. The molecule has 0 unspecified atom stereocenters. The van der Waals surface area contributed by atoms with E-state index in [0.717, 1.165) is 30.9 Å². The van der Waals surface area contributed by atoms with Crippen molar-refractivity contribution in [2.75, 3.05) is 6.61 Å². The SMILES string of the molecule is CCc1nnc2n1C[C@@H](NC(=O)[C@@H]1COc3ccccc3O1)CC2. The van der Waals surface area contributed by atoms with Gasteiger partial charge in [0.25, 0.3) is 5.91 Å². The second kappa shape index (κ2) is 6.14. The summed E-state index contributed by atoms with van der Waals surface area (Å²) >= 11 is 0. The average molecular weight is 328 g/mol. The lowest BCUT2D eigenvalue weighted by molar-refractivity contribution is -0.131. The largest absolute Gasteiger partial charge is 0.485 e. The van der Waals surface area contributed by atoms with Gasteiger partial charge in [-0.15, -0.1) is 10.2 Å². The number of nitrogens with zero attached hydrogens (tertiary/aromatic N) is 3. The number of amides is 1. The van der Waals surface area contributed by atoms with Crippen molar-refractivity contribution in [1.82, 2.24) is 20.1 Å². The van der Waals surface area contributed by atoms with E-state index in [-0.39, 0.29) is 18.6 Å². The fourth-order valence-corrected chi connectivity index (χ4v) is 3.21. The number of nitrogens with one attached hydrogen (secondary N) is 1. The molecular weight excluding hydrogens is 308 g/mol. The van der Waals surface area contributed by atoms with Gasteiger partial charge in [0.05, 0.1) is 0 Å². The highest BCUT2D eigenvalue weighted by Crippen LogP contribution is 2.31. The summed E-state index contributed by atoms with van der Waals surface area (Å²) in [5.74, 6) is 3.13. The molecule has 1 amide bonds. The molecule has 1 aromatic carbocycles. The second-order valence-electron chi connectivity index (χ2n) is 6.11. The molecular formula is C17H20N4O3. The Balaban J connectivity index is 1.41. The maximum Gasteiger partial charge on any atom is 0.264 e. The summed E-state index contributed by atoms with van der Waals surface area (Å²) in [6.45, 7) is 3.00. The number of ether oxygens (including phenoxy) is 2. The summed E-state index contributed by atoms with van der Waals surface area (Å²) in [5, 5.41) is 11.5. The van der Waals surface area contributed by atoms with Gasteiger partial charge in [0.2, 0.25) is 6.10 Å². The van der Waals surface area contributed by atoms with Crippen LogP contribution in [-0.4, -0.2) is 39.4 Å². The third-order valence-corrected chi connectivity index (χ3v) is 4.49.